The molecule has 3 rings (SSSR count). The zero-order valence-corrected chi connectivity index (χ0v) is 12.5. The third-order valence-electron chi connectivity index (χ3n) is 3.62. The van der Waals surface area contributed by atoms with Gasteiger partial charge in [0.2, 0.25) is 0 Å². The van der Waals surface area contributed by atoms with Crippen LogP contribution in [-0.4, -0.2) is 69.2 Å². The van der Waals surface area contributed by atoms with Gasteiger partial charge in [-0.1, -0.05) is 0 Å². The molecule has 9 heteroatoms. The fourth-order valence-corrected chi connectivity index (χ4v) is 2.35. The SMILES string of the molecule is O=C(Nc1ccc(-n2cnnn2)cc1)N1CCOC[C@H](CO)C1. The lowest BCUT2D eigenvalue weighted by Gasteiger charge is -2.23. The van der Waals surface area contributed by atoms with Crippen molar-refractivity contribution < 1.29 is 14.6 Å². The Balaban J connectivity index is 1.63. The number of nitrogens with one attached hydrogen (secondary N) is 1. The fourth-order valence-electron chi connectivity index (χ4n) is 2.35. The number of tetrazole rings is 1. The van der Waals surface area contributed by atoms with Crippen molar-refractivity contribution in [1.82, 2.24) is 25.1 Å². The van der Waals surface area contributed by atoms with Crippen molar-refractivity contribution in [2.24, 2.45) is 5.92 Å². The number of benzene rings is 1. The van der Waals surface area contributed by atoms with Gasteiger partial charge >= 0.3 is 6.03 Å². The van der Waals surface area contributed by atoms with E-state index in [1.54, 1.807) is 17.0 Å². The van der Waals surface area contributed by atoms with Gasteiger partial charge in [0.25, 0.3) is 0 Å². The van der Waals surface area contributed by atoms with Gasteiger partial charge in [0, 0.05) is 31.3 Å². The number of hydrogen-bond acceptors (Lipinski definition) is 6. The zero-order valence-electron chi connectivity index (χ0n) is 12.5. The molecule has 0 aliphatic carbocycles. The Kier molecular flexibility index (Phi) is 4.79. The summed E-state index contributed by atoms with van der Waals surface area (Å²) in [5.74, 6) is -0.0505. The molecule has 1 atom stereocenters. The average molecular weight is 318 g/mol. The predicted octanol–water partition coefficient (Wildman–Crippen LogP) is 0.135. The maximum atomic E-state index is 12.3. The highest BCUT2D eigenvalue weighted by Crippen LogP contribution is 2.14. The van der Waals surface area contributed by atoms with Crippen LogP contribution in [0.25, 0.3) is 5.69 Å². The molecule has 9 nitrogen and oxygen atoms in total. The molecule has 0 unspecified atom stereocenters. The standard InChI is InChI=1S/C14H18N6O3/c21-8-11-7-19(5-6-23-9-11)14(22)16-12-1-3-13(4-2-12)20-10-15-17-18-20/h1-4,10-11,21H,5-9H2,(H,16,22)/t11-/m0/s1. The second-order valence-corrected chi connectivity index (χ2v) is 5.30. The molecule has 1 aromatic carbocycles. The van der Waals surface area contributed by atoms with Gasteiger partial charge in [-0.15, -0.1) is 5.10 Å². The van der Waals surface area contributed by atoms with Crippen LogP contribution in [0.4, 0.5) is 10.5 Å². The Bertz CT molecular complexity index is 630. The fraction of sp³-hybridized carbons (Fsp3) is 0.429. The van der Waals surface area contributed by atoms with E-state index in [9.17, 15) is 9.90 Å². The number of hydrogen-bond donors (Lipinski definition) is 2. The number of urea groups is 1. The summed E-state index contributed by atoms with van der Waals surface area (Å²) in [6, 6.07) is 6.99. The number of nitrogens with zero attached hydrogens (tertiary/aromatic N) is 5. The Morgan fingerprint density at radius 1 is 1.39 bits per heavy atom. The summed E-state index contributed by atoms with van der Waals surface area (Å²) < 4.78 is 6.91. The monoisotopic (exact) mass is 318 g/mol. The molecule has 1 fully saturated rings. The summed E-state index contributed by atoms with van der Waals surface area (Å²) in [5.41, 5.74) is 1.48. The van der Waals surface area contributed by atoms with Crippen LogP contribution >= 0.6 is 0 Å². The van der Waals surface area contributed by atoms with E-state index in [2.05, 4.69) is 20.8 Å². The quantitative estimate of drug-likeness (QED) is 0.833. The van der Waals surface area contributed by atoms with Gasteiger partial charge in [0.05, 0.1) is 18.9 Å². The zero-order chi connectivity index (χ0) is 16.1. The van der Waals surface area contributed by atoms with E-state index >= 15 is 0 Å². The third kappa shape index (κ3) is 3.82. The van der Waals surface area contributed by atoms with Crippen LogP contribution in [0.3, 0.4) is 0 Å². The molecule has 2 heterocycles. The van der Waals surface area contributed by atoms with Crippen LogP contribution in [0, 0.1) is 5.92 Å². The summed E-state index contributed by atoms with van der Waals surface area (Å²) in [6.07, 6.45) is 1.50. The lowest BCUT2D eigenvalue weighted by atomic mass is 10.2. The van der Waals surface area contributed by atoms with E-state index in [-0.39, 0.29) is 18.6 Å². The smallest absolute Gasteiger partial charge is 0.321 e. The molecule has 0 saturated carbocycles. The van der Waals surface area contributed by atoms with E-state index in [4.69, 9.17) is 4.74 Å². The largest absolute Gasteiger partial charge is 0.396 e. The highest BCUT2D eigenvalue weighted by Gasteiger charge is 2.22. The van der Waals surface area contributed by atoms with Gasteiger partial charge in [-0.25, -0.2) is 9.48 Å². The van der Waals surface area contributed by atoms with Crippen molar-refractivity contribution in [3.8, 4) is 5.69 Å². The molecule has 0 spiro atoms. The van der Waals surface area contributed by atoms with Crippen molar-refractivity contribution >= 4 is 11.7 Å². The number of carbonyl (C=O) groups is 1. The molecule has 1 aliphatic heterocycles. The molecular formula is C14H18N6O3. The highest BCUT2D eigenvalue weighted by molar-refractivity contribution is 5.89. The maximum Gasteiger partial charge on any atom is 0.321 e. The van der Waals surface area contributed by atoms with Gasteiger partial charge in [0.15, 0.2) is 0 Å². The number of carbonyl (C=O) groups excluding carboxylic acids is 1. The molecule has 2 aromatic rings. The van der Waals surface area contributed by atoms with Crippen LogP contribution in [0.15, 0.2) is 30.6 Å². The van der Waals surface area contributed by atoms with E-state index in [0.717, 1.165) is 5.69 Å². The Hall–Kier alpha value is -2.52. The van der Waals surface area contributed by atoms with Gasteiger partial charge in [-0.2, -0.15) is 0 Å². The summed E-state index contributed by atoms with van der Waals surface area (Å²) in [6.45, 7) is 1.93. The number of aliphatic hydroxyl groups is 1. The van der Waals surface area contributed by atoms with Crippen molar-refractivity contribution in [2.75, 3.05) is 38.2 Å². The molecule has 1 saturated heterocycles. The number of aromatic nitrogens is 4. The van der Waals surface area contributed by atoms with Crippen molar-refractivity contribution in [2.45, 2.75) is 0 Å². The first-order valence-electron chi connectivity index (χ1n) is 7.34. The summed E-state index contributed by atoms with van der Waals surface area (Å²) in [7, 11) is 0. The van der Waals surface area contributed by atoms with E-state index in [1.807, 2.05) is 12.1 Å². The molecule has 1 aromatic heterocycles. The first kappa shape index (κ1) is 15.4. The minimum Gasteiger partial charge on any atom is -0.396 e. The molecule has 2 N–H and O–H groups in total. The normalized spacial score (nSPS) is 18.5. The summed E-state index contributed by atoms with van der Waals surface area (Å²) in [5, 5.41) is 23.1. The number of anilines is 1. The Morgan fingerprint density at radius 2 is 2.22 bits per heavy atom. The van der Waals surface area contributed by atoms with Crippen LogP contribution < -0.4 is 5.32 Å². The number of amides is 2. The molecular weight excluding hydrogens is 300 g/mol. The Morgan fingerprint density at radius 3 is 2.91 bits per heavy atom. The average Bonchev–Trinajstić information content (AvgIpc) is 3.00. The molecule has 0 radical (unpaired) electrons. The van der Waals surface area contributed by atoms with Crippen LogP contribution in [-0.2, 0) is 4.74 Å². The first-order valence-corrected chi connectivity index (χ1v) is 7.34. The van der Waals surface area contributed by atoms with Crippen LogP contribution in [0.5, 0.6) is 0 Å². The minimum absolute atomic E-state index is 0.00438. The number of ether oxygens (including phenoxy) is 1. The topological polar surface area (TPSA) is 105 Å². The molecule has 0 bridgehead atoms. The van der Waals surface area contributed by atoms with Gasteiger partial charge in [0.1, 0.15) is 6.33 Å². The minimum atomic E-state index is -0.205. The van der Waals surface area contributed by atoms with Crippen LogP contribution in [0.2, 0.25) is 0 Å². The molecule has 2 amide bonds. The second kappa shape index (κ2) is 7.16. The lowest BCUT2D eigenvalue weighted by molar-refractivity contribution is 0.0958. The molecule has 23 heavy (non-hydrogen) atoms. The van der Waals surface area contributed by atoms with Crippen LogP contribution in [0.1, 0.15) is 0 Å². The van der Waals surface area contributed by atoms with Crippen molar-refractivity contribution in [1.29, 1.82) is 0 Å². The highest BCUT2D eigenvalue weighted by atomic mass is 16.5. The number of aliphatic hydroxyl groups excluding tert-OH is 1. The van der Waals surface area contributed by atoms with Crippen molar-refractivity contribution in [3.05, 3.63) is 30.6 Å². The maximum absolute atomic E-state index is 12.3. The third-order valence-corrected chi connectivity index (χ3v) is 3.62. The first-order chi connectivity index (χ1) is 11.3. The summed E-state index contributed by atoms with van der Waals surface area (Å²) >= 11 is 0. The lowest BCUT2D eigenvalue weighted by Crippen LogP contribution is -2.39. The van der Waals surface area contributed by atoms with Gasteiger partial charge in [-0.05, 0) is 34.7 Å². The van der Waals surface area contributed by atoms with E-state index < -0.39 is 0 Å². The predicted molar refractivity (Wildman–Crippen MR) is 81.1 cm³/mol. The van der Waals surface area contributed by atoms with Gasteiger partial charge < -0.3 is 20.1 Å². The summed E-state index contributed by atoms with van der Waals surface area (Å²) in [4.78, 5) is 14.0. The van der Waals surface area contributed by atoms with E-state index in [1.165, 1.54) is 11.0 Å². The number of rotatable bonds is 3. The van der Waals surface area contributed by atoms with Crippen molar-refractivity contribution in [3.63, 3.8) is 0 Å². The van der Waals surface area contributed by atoms with Gasteiger partial charge in [-0.3, -0.25) is 0 Å². The Labute approximate surface area is 132 Å². The molecule has 1 aliphatic rings. The van der Waals surface area contributed by atoms with E-state index in [0.29, 0.717) is 32.0 Å². The molecule has 122 valence electrons. The second-order valence-electron chi connectivity index (χ2n) is 5.30.